The van der Waals surface area contributed by atoms with E-state index in [4.69, 9.17) is 16.3 Å². The van der Waals surface area contributed by atoms with E-state index in [1.54, 1.807) is 18.3 Å². The molecule has 19 heavy (non-hydrogen) atoms. The number of amides is 1. The zero-order chi connectivity index (χ0) is 14.3. The monoisotopic (exact) mass is 280 g/mol. The first-order valence-electron chi connectivity index (χ1n) is 5.94. The lowest BCUT2D eigenvalue weighted by atomic mass is 10.2. The molecule has 4 nitrogen and oxygen atoms in total. The van der Waals surface area contributed by atoms with Crippen LogP contribution in [0.15, 0.2) is 18.3 Å². The van der Waals surface area contributed by atoms with Crippen molar-refractivity contribution in [1.82, 2.24) is 10.3 Å². The number of halogens is 1. The molecule has 0 aliphatic heterocycles. The van der Waals surface area contributed by atoms with Crippen LogP contribution in [0, 0.1) is 11.8 Å². The van der Waals surface area contributed by atoms with E-state index < -0.39 is 11.7 Å². The molecule has 0 radical (unpaired) electrons. The highest BCUT2D eigenvalue weighted by molar-refractivity contribution is 6.29. The van der Waals surface area contributed by atoms with Crippen LogP contribution in [0.25, 0.3) is 0 Å². The summed E-state index contributed by atoms with van der Waals surface area (Å²) >= 11 is 5.74. The van der Waals surface area contributed by atoms with Gasteiger partial charge in [-0.2, -0.15) is 0 Å². The van der Waals surface area contributed by atoms with Crippen LogP contribution >= 0.6 is 11.6 Å². The van der Waals surface area contributed by atoms with Gasteiger partial charge in [0.15, 0.2) is 0 Å². The number of nitrogens with one attached hydrogen (secondary N) is 1. The number of hydrogen-bond donors (Lipinski definition) is 1. The van der Waals surface area contributed by atoms with E-state index in [1.165, 1.54) is 0 Å². The average Bonchev–Trinajstić information content (AvgIpc) is 2.26. The normalized spacial score (nSPS) is 10.3. The average molecular weight is 281 g/mol. The van der Waals surface area contributed by atoms with Gasteiger partial charge >= 0.3 is 6.09 Å². The van der Waals surface area contributed by atoms with Crippen molar-refractivity contribution in [2.24, 2.45) is 0 Å². The Kier molecular flexibility index (Phi) is 5.65. The number of aromatic nitrogens is 1. The summed E-state index contributed by atoms with van der Waals surface area (Å²) in [5.74, 6) is 5.88. The van der Waals surface area contributed by atoms with Gasteiger partial charge in [0.1, 0.15) is 10.8 Å². The fraction of sp³-hybridized carbons (Fsp3) is 0.429. The molecule has 5 heteroatoms. The molecule has 1 heterocycles. The molecule has 0 saturated heterocycles. The Morgan fingerprint density at radius 1 is 1.53 bits per heavy atom. The lowest BCUT2D eigenvalue weighted by Gasteiger charge is -2.19. The molecule has 0 unspecified atom stereocenters. The Labute approximate surface area is 118 Å². The minimum atomic E-state index is -0.483. The third-order valence-electron chi connectivity index (χ3n) is 1.88. The molecule has 1 rings (SSSR count). The summed E-state index contributed by atoms with van der Waals surface area (Å²) in [6.07, 6.45) is 1.71. The molecule has 1 aromatic rings. The van der Waals surface area contributed by atoms with Gasteiger partial charge in [-0.1, -0.05) is 23.4 Å². The predicted octanol–water partition coefficient (Wildman–Crippen LogP) is 3.00. The number of carbonyl (C=O) groups is 1. The highest BCUT2D eigenvalue weighted by Gasteiger charge is 2.15. The minimum absolute atomic E-state index is 0.415. The van der Waals surface area contributed by atoms with E-state index in [-0.39, 0.29) is 0 Å². The summed E-state index contributed by atoms with van der Waals surface area (Å²) in [7, 11) is 0. The van der Waals surface area contributed by atoms with Gasteiger partial charge in [-0.05, 0) is 32.9 Å². The largest absolute Gasteiger partial charge is 0.444 e. The van der Waals surface area contributed by atoms with Crippen molar-refractivity contribution in [3.05, 3.63) is 29.0 Å². The molecule has 0 aliphatic carbocycles. The minimum Gasteiger partial charge on any atom is -0.444 e. The zero-order valence-electron chi connectivity index (χ0n) is 11.3. The van der Waals surface area contributed by atoms with Crippen molar-refractivity contribution in [3.63, 3.8) is 0 Å². The van der Waals surface area contributed by atoms with Crippen LogP contribution in [0.3, 0.4) is 0 Å². The van der Waals surface area contributed by atoms with Gasteiger partial charge in [0.25, 0.3) is 0 Å². The Balaban J connectivity index is 2.30. The molecule has 1 amide bonds. The molecule has 0 saturated carbocycles. The summed E-state index contributed by atoms with van der Waals surface area (Å²) in [5, 5.41) is 3.05. The van der Waals surface area contributed by atoms with E-state index in [0.29, 0.717) is 18.1 Å². The summed E-state index contributed by atoms with van der Waals surface area (Å²) in [4.78, 5) is 15.2. The Morgan fingerprint density at radius 2 is 2.26 bits per heavy atom. The Hall–Kier alpha value is -1.73. The molecule has 1 N–H and O–H groups in total. The standard InChI is InChI=1S/C14H17ClN2O2/c1-14(2,3)19-13(18)17-8-5-4-6-11-7-9-16-12(15)10-11/h7,9-10H,5,8H2,1-3H3,(H,17,18). The smallest absolute Gasteiger partial charge is 0.407 e. The highest BCUT2D eigenvalue weighted by Crippen LogP contribution is 2.06. The van der Waals surface area contributed by atoms with Crippen molar-refractivity contribution in [3.8, 4) is 11.8 Å². The van der Waals surface area contributed by atoms with Crippen LogP contribution in [0.4, 0.5) is 4.79 Å². The topological polar surface area (TPSA) is 51.2 Å². The third kappa shape index (κ3) is 7.32. The third-order valence-corrected chi connectivity index (χ3v) is 2.08. The molecule has 0 spiro atoms. The van der Waals surface area contributed by atoms with E-state index in [0.717, 1.165) is 5.56 Å². The van der Waals surface area contributed by atoms with Crippen LogP contribution in [-0.4, -0.2) is 23.2 Å². The lowest BCUT2D eigenvalue weighted by molar-refractivity contribution is 0.0529. The maximum absolute atomic E-state index is 11.3. The van der Waals surface area contributed by atoms with E-state index in [2.05, 4.69) is 22.1 Å². The fourth-order valence-corrected chi connectivity index (χ4v) is 1.36. The predicted molar refractivity (Wildman–Crippen MR) is 75.0 cm³/mol. The Morgan fingerprint density at radius 3 is 2.89 bits per heavy atom. The summed E-state index contributed by atoms with van der Waals surface area (Å²) in [6, 6.07) is 3.47. The van der Waals surface area contributed by atoms with Crippen LogP contribution in [0.2, 0.25) is 5.15 Å². The molecule has 0 aromatic carbocycles. The van der Waals surface area contributed by atoms with Crippen LogP contribution in [0.1, 0.15) is 32.8 Å². The Bertz CT molecular complexity index is 498. The van der Waals surface area contributed by atoms with Gasteiger partial charge in [-0.15, -0.1) is 0 Å². The SMILES string of the molecule is CC(C)(C)OC(=O)NCCC#Cc1ccnc(Cl)c1. The summed E-state index contributed by atoms with van der Waals surface area (Å²) in [5.41, 5.74) is 0.320. The van der Waals surface area contributed by atoms with Gasteiger partial charge in [0.2, 0.25) is 0 Å². The number of rotatable bonds is 2. The maximum Gasteiger partial charge on any atom is 0.407 e. The van der Waals surface area contributed by atoms with Gasteiger partial charge < -0.3 is 10.1 Å². The van der Waals surface area contributed by atoms with Crippen molar-refractivity contribution in [2.75, 3.05) is 6.54 Å². The van der Waals surface area contributed by atoms with E-state index >= 15 is 0 Å². The molecule has 0 bridgehead atoms. The second kappa shape index (κ2) is 7.01. The van der Waals surface area contributed by atoms with Gasteiger partial charge in [-0.25, -0.2) is 9.78 Å². The quantitative estimate of drug-likeness (QED) is 0.515. The second-order valence-corrected chi connectivity index (χ2v) is 5.23. The molecule has 1 aromatic heterocycles. The maximum atomic E-state index is 11.3. The van der Waals surface area contributed by atoms with Gasteiger partial charge in [-0.3, -0.25) is 0 Å². The lowest BCUT2D eigenvalue weighted by Crippen LogP contribution is -2.32. The van der Waals surface area contributed by atoms with Crippen LogP contribution in [0.5, 0.6) is 0 Å². The van der Waals surface area contributed by atoms with E-state index in [1.807, 2.05) is 20.8 Å². The zero-order valence-corrected chi connectivity index (χ0v) is 12.0. The van der Waals surface area contributed by atoms with Crippen LogP contribution < -0.4 is 5.32 Å². The molecular weight excluding hydrogens is 264 g/mol. The van der Waals surface area contributed by atoms with E-state index in [9.17, 15) is 4.79 Å². The number of hydrogen-bond acceptors (Lipinski definition) is 3. The number of carbonyl (C=O) groups excluding carboxylic acids is 1. The first-order valence-corrected chi connectivity index (χ1v) is 6.32. The number of nitrogens with zero attached hydrogens (tertiary/aromatic N) is 1. The van der Waals surface area contributed by atoms with Crippen molar-refractivity contribution >= 4 is 17.7 Å². The van der Waals surface area contributed by atoms with Crippen molar-refractivity contribution < 1.29 is 9.53 Å². The molecule has 0 atom stereocenters. The molecule has 102 valence electrons. The fourth-order valence-electron chi connectivity index (χ4n) is 1.19. The number of pyridine rings is 1. The van der Waals surface area contributed by atoms with Gasteiger partial charge in [0, 0.05) is 24.7 Å². The molecule has 0 aliphatic rings. The van der Waals surface area contributed by atoms with Crippen molar-refractivity contribution in [1.29, 1.82) is 0 Å². The van der Waals surface area contributed by atoms with Gasteiger partial charge in [0.05, 0.1) is 0 Å². The molecule has 0 fully saturated rings. The highest BCUT2D eigenvalue weighted by atomic mass is 35.5. The van der Waals surface area contributed by atoms with Crippen molar-refractivity contribution in [2.45, 2.75) is 32.8 Å². The summed E-state index contributed by atoms with van der Waals surface area (Å²) < 4.78 is 5.09. The number of alkyl carbamates (subject to hydrolysis) is 1. The number of ether oxygens (including phenoxy) is 1. The second-order valence-electron chi connectivity index (χ2n) is 4.85. The first-order chi connectivity index (χ1) is 8.87. The summed E-state index contributed by atoms with van der Waals surface area (Å²) in [6.45, 7) is 5.90. The first kappa shape index (κ1) is 15.3. The van der Waals surface area contributed by atoms with Crippen LogP contribution in [-0.2, 0) is 4.74 Å². The molecular formula is C14H17ClN2O2.